The third-order valence-electron chi connectivity index (χ3n) is 2.42. The summed E-state index contributed by atoms with van der Waals surface area (Å²) in [4.78, 5) is 4.14. The third-order valence-corrected chi connectivity index (χ3v) is 2.42. The van der Waals surface area contributed by atoms with Crippen LogP contribution in [-0.2, 0) is 4.74 Å². The van der Waals surface area contributed by atoms with E-state index in [1.807, 2.05) is 20.8 Å². The molecule has 0 saturated heterocycles. The van der Waals surface area contributed by atoms with Crippen molar-refractivity contribution in [2.75, 3.05) is 6.67 Å². The van der Waals surface area contributed by atoms with Gasteiger partial charge in [0.15, 0.2) is 0 Å². The van der Waals surface area contributed by atoms with Crippen molar-refractivity contribution in [2.45, 2.75) is 39.8 Å². The molecule has 22 heavy (non-hydrogen) atoms. The monoisotopic (exact) mass is 313 g/mol. The zero-order chi connectivity index (χ0) is 17.0. The lowest BCUT2D eigenvalue weighted by molar-refractivity contribution is 0.216. The van der Waals surface area contributed by atoms with Crippen molar-refractivity contribution < 1.29 is 13.5 Å². The van der Waals surface area contributed by atoms with E-state index >= 15 is 0 Å². The standard InChI is InChI=1S/C16H25F2N3O/c1-12(2)11-16(20-10-8-13(3)21-19)22-14(4)15(18)7-5-6-9-17/h5-8,10-11,13-14,21H,9,19H2,1-4H3/b6-5-,10-8?,15-7+,20-16?. The van der Waals surface area contributed by atoms with Crippen molar-refractivity contribution >= 4 is 5.90 Å². The van der Waals surface area contributed by atoms with Gasteiger partial charge in [-0.15, -0.1) is 0 Å². The van der Waals surface area contributed by atoms with E-state index in [2.05, 4.69) is 10.4 Å². The van der Waals surface area contributed by atoms with Gasteiger partial charge in [0.2, 0.25) is 5.90 Å². The van der Waals surface area contributed by atoms with Crippen molar-refractivity contribution in [1.29, 1.82) is 0 Å². The number of hydrazine groups is 1. The van der Waals surface area contributed by atoms with Gasteiger partial charge in [-0.1, -0.05) is 17.7 Å². The molecule has 3 N–H and O–H groups in total. The molecule has 0 aliphatic heterocycles. The van der Waals surface area contributed by atoms with Crippen LogP contribution in [0, 0.1) is 0 Å². The Labute approximate surface area is 131 Å². The van der Waals surface area contributed by atoms with Gasteiger partial charge in [0.05, 0.1) is 0 Å². The first-order valence-electron chi connectivity index (χ1n) is 7.01. The second-order valence-corrected chi connectivity index (χ2v) is 4.88. The molecule has 0 aromatic heterocycles. The molecule has 0 rings (SSSR count). The van der Waals surface area contributed by atoms with Gasteiger partial charge in [-0.2, -0.15) is 0 Å². The van der Waals surface area contributed by atoms with Gasteiger partial charge in [0.25, 0.3) is 0 Å². The van der Waals surface area contributed by atoms with Crippen LogP contribution in [0.4, 0.5) is 8.78 Å². The van der Waals surface area contributed by atoms with Crippen molar-refractivity contribution in [2.24, 2.45) is 10.8 Å². The van der Waals surface area contributed by atoms with E-state index < -0.39 is 18.6 Å². The molecule has 4 nitrogen and oxygen atoms in total. The molecule has 0 spiro atoms. The van der Waals surface area contributed by atoms with Crippen LogP contribution in [0.3, 0.4) is 0 Å². The molecule has 0 aromatic carbocycles. The smallest absolute Gasteiger partial charge is 0.213 e. The highest BCUT2D eigenvalue weighted by molar-refractivity contribution is 5.88. The van der Waals surface area contributed by atoms with E-state index in [0.29, 0.717) is 0 Å². The van der Waals surface area contributed by atoms with Crippen molar-refractivity contribution in [3.8, 4) is 0 Å². The van der Waals surface area contributed by atoms with E-state index in [0.717, 1.165) is 5.57 Å². The van der Waals surface area contributed by atoms with Gasteiger partial charge < -0.3 is 4.74 Å². The van der Waals surface area contributed by atoms with E-state index in [-0.39, 0.29) is 11.9 Å². The van der Waals surface area contributed by atoms with Crippen LogP contribution in [0.2, 0.25) is 0 Å². The van der Waals surface area contributed by atoms with E-state index in [1.54, 1.807) is 19.1 Å². The molecule has 0 aliphatic rings. The fourth-order valence-corrected chi connectivity index (χ4v) is 1.23. The molecule has 6 heteroatoms. The fourth-order valence-electron chi connectivity index (χ4n) is 1.23. The lowest BCUT2D eigenvalue weighted by Crippen LogP contribution is -2.30. The van der Waals surface area contributed by atoms with Crippen molar-refractivity contribution in [3.63, 3.8) is 0 Å². The first kappa shape index (κ1) is 20.2. The molecule has 0 bridgehead atoms. The third kappa shape index (κ3) is 10.0. The normalized spacial score (nSPS) is 16.1. The van der Waals surface area contributed by atoms with Crippen molar-refractivity contribution in [3.05, 3.63) is 48.0 Å². The minimum atomic E-state index is -0.822. The largest absolute Gasteiger partial charge is 0.467 e. The predicted octanol–water partition coefficient (Wildman–Crippen LogP) is 3.50. The first-order chi connectivity index (χ1) is 10.4. The summed E-state index contributed by atoms with van der Waals surface area (Å²) < 4.78 is 31.1. The van der Waals surface area contributed by atoms with Crippen LogP contribution in [0.1, 0.15) is 27.7 Å². The summed E-state index contributed by atoms with van der Waals surface area (Å²) in [5.41, 5.74) is 3.51. The summed E-state index contributed by atoms with van der Waals surface area (Å²) in [7, 11) is 0. The molecule has 0 heterocycles. The number of rotatable bonds is 8. The molecule has 0 aliphatic carbocycles. The topological polar surface area (TPSA) is 59.6 Å². The number of nitrogens with two attached hydrogens (primary N) is 1. The Kier molecular flexibility index (Phi) is 10.9. The molecule has 0 fully saturated rings. The number of halogens is 2. The van der Waals surface area contributed by atoms with Gasteiger partial charge >= 0.3 is 0 Å². The minimum absolute atomic E-state index is 0.0448. The lowest BCUT2D eigenvalue weighted by Gasteiger charge is -2.12. The Bertz CT molecular complexity index is 464. The average molecular weight is 313 g/mol. The van der Waals surface area contributed by atoms with Crippen molar-refractivity contribution in [1.82, 2.24) is 5.43 Å². The van der Waals surface area contributed by atoms with Crippen LogP contribution in [0.25, 0.3) is 0 Å². The fraction of sp³-hybridized carbons (Fsp3) is 0.438. The number of nitrogens with one attached hydrogen (secondary N) is 1. The van der Waals surface area contributed by atoms with Crippen LogP contribution in [0.5, 0.6) is 0 Å². The summed E-state index contributed by atoms with van der Waals surface area (Å²) in [6, 6.07) is -0.0448. The SMILES string of the molecule is CC(C)=CC(=NC=CC(C)NN)OC(C)/C(F)=C\C=C/CF. The maximum Gasteiger partial charge on any atom is 0.213 e. The minimum Gasteiger partial charge on any atom is -0.467 e. The molecule has 0 radical (unpaired) electrons. The Balaban J connectivity index is 4.96. The molecule has 0 saturated carbocycles. The van der Waals surface area contributed by atoms with Crippen LogP contribution >= 0.6 is 0 Å². The van der Waals surface area contributed by atoms with Crippen LogP contribution in [-0.4, -0.2) is 24.7 Å². The van der Waals surface area contributed by atoms with Gasteiger partial charge in [-0.3, -0.25) is 11.3 Å². The van der Waals surface area contributed by atoms with Crippen LogP contribution in [0.15, 0.2) is 53.0 Å². The molecule has 0 aromatic rings. The second-order valence-electron chi connectivity index (χ2n) is 4.88. The Hall–Kier alpha value is -1.79. The summed E-state index contributed by atoms with van der Waals surface area (Å²) >= 11 is 0. The summed E-state index contributed by atoms with van der Waals surface area (Å²) in [6.07, 6.45) is 7.84. The zero-order valence-corrected chi connectivity index (χ0v) is 13.5. The van der Waals surface area contributed by atoms with Gasteiger partial charge in [0, 0.05) is 12.2 Å². The maximum absolute atomic E-state index is 13.8. The molecule has 2 unspecified atom stereocenters. The Morgan fingerprint density at radius 3 is 2.59 bits per heavy atom. The number of alkyl halides is 1. The highest BCUT2D eigenvalue weighted by Gasteiger charge is 2.10. The highest BCUT2D eigenvalue weighted by Crippen LogP contribution is 2.10. The van der Waals surface area contributed by atoms with E-state index in [9.17, 15) is 8.78 Å². The summed E-state index contributed by atoms with van der Waals surface area (Å²) in [6.45, 7) is 6.54. The predicted molar refractivity (Wildman–Crippen MR) is 87.6 cm³/mol. The molecular weight excluding hydrogens is 288 g/mol. The molecule has 124 valence electrons. The zero-order valence-electron chi connectivity index (χ0n) is 13.5. The first-order valence-corrected chi connectivity index (χ1v) is 7.01. The second kappa shape index (κ2) is 11.8. The quantitative estimate of drug-likeness (QED) is 0.237. The summed E-state index contributed by atoms with van der Waals surface area (Å²) in [5.74, 6) is 5.03. The number of nitrogens with zero attached hydrogens (tertiary/aromatic N) is 1. The number of hydrogen-bond acceptors (Lipinski definition) is 4. The van der Waals surface area contributed by atoms with Gasteiger partial charge in [-0.05, 0) is 45.9 Å². The molecule has 0 amide bonds. The van der Waals surface area contributed by atoms with E-state index in [1.165, 1.54) is 24.4 Å². The van der Waals surface area contributed by atoms with Gasteiger partial charge in [0.1, 0.15) is 18.6 Å². The number of aliphatic imine (C=N–C) groups is 1. The Morgan fingerprint density at radius 1 is 1.36 bits per heavy atom. The average Bonchev–Trinajstić information content (AvgIpc) is 2.46. The summed E-state index contributed by atoms with van der Waals surface area (Å²) in [5, 5.41) is 0. The lowest BCUT2D eigenvalue weighted by atomic mass is 10.3. The van der Waals surface area contributed by atoms with E-state index in [4.69, 9.17) is 10.6 Å². The number of ether oxygens (including phenoxy) is 1. The maximum atomic E-state index is 13.8. The highest BCUT2D eigenvalue weighted by atomic mass is 19.1. The number of allylic oxidation sites excluding steroid dienone is 4. The number of hydrogen-bond donors (Lipinski definition) is 2. The van der Waals surface area contributed by atoms with Crippen LogP contribution < -0.4 is 11.3 Å². The van der Waals surface area contributed by atoms with Gasteiger partial charge in [-0.25, -0.2) is 13.8 Å². The molecule has 2 atom stereocenters. The molecular formula is C16H25F2N3O. The Morgan fingerprint density at radius 2 is 2.05 bits per heavy atom.